The molecule has 1 aromatic carbocycles. The van der Waals surface area contributed by atoms with Crippen LogP contribution >= 0.6 is 0 Å². The summed E-state index contributed by atoms with van der Waals surface area (Å²) in [5.74, 6) is -3.74. The van der Waals surface area contributed by atoms with Crippen LogP contribution in [0.3, 0.4) is 0 Å². The molecule has 2 N–H and O–H groups in total. The Morgan fingerprint density at radius 1 is 1.00 bits per heavy atom. The summed E-state index contributed by atoms with van der Waals surface area (Å²) in [6.45, 7) is 0. The summed E-state index contributed by atoms with van der Waals surface area (Å²) >= 11 is 0. The highest BCUT2D eigenvalue weighted by Gasteiger charge is 2.39. The molecule has 0 spiro atoms. The number of imide groups is 2. The van der Waals surface area contributed by atoms with Crippen LogP contribution in [-0.4, -0.2) is 23.6 Å². The first-order valence-electron chi connectivity index (χ1n) is 5.30. The molecule has 0 bridgehead atoms. The Hall–Kier alpha value is -2.50. The van der Waals surface area contributed by atoms with Crippen LogP contribution < -0.4 is 10.6 Å². The topological polar surface area (TPSA) is 92.3 Å². The minimum atomic E-state index is -1.46. The van der Waals surface area contributed by atoms with Crippen molar-refractivity contribution in [2.45, 2.75) is 6.42 Å². The molecule has 0 saturated carbocycles. The lowest BCUT2D eigenvalue weighted by Crippen LogP contribution is -2.58. The normalized spacial score (nSPS) is 16.1. The van der Waals surface area contributed by atoms with E-state index >= 15 is 0 Å². The van der Waals surface area contributed by atoms with Crippen LogP contribution in [0.15, 0.2) is 30.3 Å². The van der Waals surface area contributed by atoms with Gasteiger partial charge in [0.1, 0.15) is 0 Å². The van der Waals surface area contributed by atoms with Crippen LogP contribution in [0.4, 0.5) is 4.79 Å². The largest absolute Gasteiger partial charge is 0.328 e. The molecule has 6 heteroatoms. The summed E-state index contributed by atoms with van der Waals surface area (Å²) in [5, 5.41) is 3.79. The van der Waals surface area contributed by atoms with Gasteiger partial charge in [-0.1, -0.05) is 30.3 Å². The van der Waals surface area contributed by atoms with Crippen LogP contribution in [0.2, 0.25) is 0 Å². The van der Waals surface area contributed by atoms with Gasteiger partial charge in [-0.25, -0.2) is 4.79 Å². The minimum Gasteiger partial charge on any atom is -0.298 e. The number of Topliss-reactive ketones (excluding diaryl/α,β-unsaturated/α-hetero) is 1. The number of benzene rings is 1. The molecule has 0 unspecified atom stereocenters. The summed E-state index contributed by atoms with van der Waals surface area (Å²) in [5.41, 5.74) is 0.708. The van der Waals surface area contributed by atoms with Crippen molar-refractivity contribution in [2.75, 3.05) is 0 Å². The average Bonchev–Trinajstić information content (AvgIpc) is 2.28. The summed E-state index contributed by atoms with van der Waals surface area (Å²) in [6, 6.07) is 7.87. The predicted molar refractivity (Wildman–Crippen MR) is 60.3 cm³/mol. The molecule has 6 nitrogen and oxygen atoms in total. The van der Waals surface area contributed by atoms with Gasteiger partial charge in [-0.15, -0.1) is 0 Å². The summed E-state index contributed by atoms with van der Waals surface area (Å²) < 4.78 is 0. The highest BCUT2D eigenvalue weighted by Crippen LogP contribution is 2.09. The molecule has 1 saturated heterocycles. The van der Waals surface area contributed by atoms with E-state index in [1.54, 1.807) is 30.3 Å². The molecule has 0 radical (unpaired) electrons. The summed E-state index contributed by atoms with van der Waals surface area (Å²) in [7, 11) is 0. The van der Waals surface area contributed by atoms with Gasteiger partial charge in [0.2, 0.25) is 11.8 Å². The first-order chi connectivity index (χ1) is 8.58. The molecule has 0 aliphatic carbocycles. The third-order valence-electron chi connectivity index (χ3n) is 2.54. The van der Waals surface area contributed by atoms with Gasteiger partial charge in [0.25, 0.3) is 0 Å². The summed E-state index contributed by atoms with van der Waals surface area (Å²) in [6.07, 6.45) is -0.0272. The maximum Gasteiger partial charge on any atom is 0.328 e. The number of barbiturate groups is 1. The molecule has 1 aliphatic rings. The van der Waals surface area contributed by atoms with Crippen LogP contribution in [0.5, 0.6) is 0 Å². The molecule has 1 aliphatic heterocycles. The molecule has 0 atom stereocenters. The van der Waals surface area contributed by atoms with E-state index in [1.165, 1.54) is 0 Å². The predicted octanol–water partition coefficient (Wildman–Crippen LogP) is -0.220. The Labute approximate surface area is 102 Å². The van der Waals surface area contributed by atoms with E-state index in [9.17, 15) is 19.2 Å². The highest BCUT2D eigenvalue weighted by atomic mass is 16.2. The van der Waals surface area contributed by atoms with Gasteiger partial charge in [-0.05, 0) is 5.56 Å². The minimum absolute atomic E-state index is 0.0272. The number of amides is 4. The molecule has 92 valence electrons. The fourth-order valence-electron chi connectivity index (χ4n) is 1.71. The highest BCUT2D eigenvalue weighted by molar-refractivity contribution is 6.26. The standard InChI is InChI=1S/C12H10N2O4/c15-8(6-7-4-2-1-3-5-7)9-10(16)13-12(18)14-11(9)17/h1-5,9H,6H2,(H2,13,14,16,17,18). The van der Waals surface area contributed by atoms with E-state index in [0.717, 1.165) is 0 Å². The first kappa shape index (κ1) is 12.0. The molecule has 0 aromatic heterocycles. The van der Waals surface area contributed by atoms with Gasteiger partial charge >= 0.3 is 6.03 Å². The van der Waals surface area contributed by atoms with Crippen molar-refractivity contribution < 1.29 is 19.2 Å². The van der Waals surface area contributed by atoms with E-state index in [-0.39, 0.29) is 6.42 Å². The second-order valence-electron chi connectivity index (χ2n) is 3.87. The van der Waals surface area contributed by atoms with Gasteiger partial charge < -0.3 is 0 Å². The van der Waals surface area contributed by atoms with E-state index in [2.05, 4.69) is 0 Å². The molecule has 1 aromatic rings. The van der Waals surface area contributed by atoms with Crippen molar-refractivity contribution in [1.29, 1.82) is 0 Å². The van der Waals surface area contributed by atoms with Crippen molar-refractivity contribution in [2.24, 2.45) is 5.92 Å². The fraction of sp³-hybridized carbons (Fsp3) is 0.167. The van der Waals surface area contributed by atoms with Crippen molar-refractivity contribution in [3.8, 4) is 0 Å². The number of hydrogen-bond acceptors (Lipinski definition) is 4. The second-order valence-corrected chi connectivity index (χ2v) is 3.87. The monoisotopic (exact) mass is 246 g/mol. The Morgan fingerprint density at radius 2 is 1.56 bits per heavy atom. The van der Waals surface area contributed by atoms with Gasteiger partial charge in [0, 0.05) is 6.42 Å². The molecular weight excluding hydrogens is 236 g/mol. The van der Waals surface area contributed by atoms with E-state index in [1.807, 2.05) is 10.6 Å². The maximum absolute atomic E-state index is 11.9. The Balaban J connectivity index is 2.11. The Bertz CT molecular complexity index is 504. The van der Waals surface area contributed by atoms with Gasteiger partial charge in [0.05, 0.1) is 0 Å². The quantitative estimate of drug-likeness (QED) is 0.721. The van der Waals surface area contributed by atoms with Crippen molar-refractivity contribution >= 4 is 23.6 Å². The van der Waals surface area contributed by atoms with Crippen molar-refractivity contribution in [3.63, 3.8) is 0 Å². The molecule has 1 fully saturated rings. The van der Waals surface area contributed by atoms with Crippen LogP contribution in [0, 0.1) is 5.92 Å². The lowest BCUT2D eigenvalue weighted by Gasteiger charge is -2.19. The number of urea groups is 1. The van der Waals surface area contributed by atoms with Gasteiger partial charge in [-0.2, -0.15) is 0 Å². The van der Waals surface area contributed by atoms with Crippen molar-refractivity contribution in [1.82, 2.24) is 10.6 Å². The van der Waals surface area contributed by atoms with Crippen LogP contribution in [0.25, 0.3) is 0 Å². The molecular formula is C12H10N2O4. The number of ketones is 1. The Kier molecular flexibility index (Phi) is 3.18. The molecule has 1 heterocycles. The lowest BCUT2D eigenvalue weighted by atomic mass is 9.95. The average molecular weight is 246 g/mol. The van der Waals surface area contributed by atoms with Crippen LogP contribution in [0.1, 0.15) is 5.56 Å². The van der Waals surface area contributed by atoms with E-state index < -0.39 is 29.5 Å². The lowest BCUT2D eigenvalue weighted by molar-refractivity contribution is -0.142. The number of carbonyl (C=O) groups is 4. The smallest absolute Gasteiger partial charge is 0.298 e. The number of carbonyl (C=O) groups excluding carboxylic acids is 4. The Morgan fingerprint density at radius 3 is 2.11 bits per heavy atom. The number of hydrogen-bond donors (Lipinski definition) is 2. The SMILES string of the molecule is O=C1NC(=O)C(C(=O)Cc2ccccc2)C(=O)N1. The number of nitrogens with one attached hydrogen (secondary N) is 2. The zero-order valence-corrected chi connectivity index (χ0v) is 9.30. The molecule has 18 heavy (non-hydrogen) atoms. The van der Waals surface area contributed by atoms with Gasteiger partial charge in [0.15, 0.2) is 11.7 Å². The van der Waals surface area contributed by atoms with Gasteiger partial charge in [-0.3, -0.25) is 25.0 Å². The third-order valence-corrected chi connectivity index (χ3v) is 2.54. The fourth-order valence-corrected chi connectivity index (χ4v) is 1.71. The number of rotatable bonds is 3. The van der Waals surface area contributed by atoms with E-state index in [0.29, 0.717) is 5.56 Å². The van der Waals surface area contributed by atoms with Crippen molar-refractivity contribution in [3.05, 3.63) is 35.9 Å². The first-order valence-corrected chi connectivity index (χ1v) is 5.30. The van der Waals surface area contributed by atoms with E-state index in [4.69, 9.17) is 0 Å². The molecule has 2 rings (SSSR count). The zero-order chi connectivity index (χ0) is 13.1. The maximum atomic E-state index is 11.9. The molecule has 4 amide bonds. The third kappa shape index (κ3) is 2.42. The zero-order valence-electron chi connectivity index (χ0n) is 9.30. The van der Waals surface area contributed by atoms with Crippen LogP contribution in [-0.2, 0) is 20.8 Å². The second kappa shape index (κ2) is 4.79. The summed E-state index contributed by atoms with van der Waals surface area (Å²) in [4.78, 5) is 45.6.